The Kier molecular flexibility index (Phi) is 3.38. The fourth-order valence-electron chi connectivity index (χ4n) is 2.06. The van der Waals surface area contributed by atoms with E-state index in [-0.39, 0.29) is 0 Å². The first-order valence-corrected chi connectivity index (χ1v) is 7.12. The van der Waals surface area contributed by atoms with Gasteiger partial charge in [-0.15, -0.1) is 0 Å². The fourth-order valence-corrected chi connectivity index (χ4v) is 2.70. The van der Waals surface area contributed by atoms with Gasteiger partial charge >= 0.3 is 0 Å². The highest BCUT2D eigenvalue weighted by Gasteiger charge is 2.08. The molecule has 0 unspecified atom stereocenters. The average Bonchev–Trinajstić information content (AvgIpc) is 2.75. The summed E-state index contributed by atoms with van der Waals surface area (Å²) in [5.74, 6) is 0. The number of hydrogen-bond donors (Lipinski definition) is 1. The van der Waals surface area contributed by atoms with E-state index in [1.807, 2.05) is 34.9 Å². The van der Waals surface area contributed by atoms with Crippen LogP contribution in [-0.4, -0.2) is 14.5 Å². The molecule has 0 atom stereocenters. The lowest BCUT2D eigenvalue weighted by Gasteiger charge is -2.04. The van der Waals surface area contributed by atoms with E-state index in [2.05, 4.69) is 32.0 Å². The van der Waals surface area contributed by atoms with Gasteiger partial charge in [0.1, 0.15) is 0 Å². The number of hydrogen-bond acceptors (Lipinski definition) is 3. The van der Waals surface area contributed by atoms with Gasteiger partial charge in [0.15, 0.2) is 10.4 Å². The van der Waals surface area contributed by atoms with Gasteiger partial charge in [0, 0.05) is 16.4 Å². The molecule has 6 heteroatoms. The van der Waals surface area contributed by atoms with Crippen LogP contribution in [0.4, 0.5) is 0 Å². The summed E-state index contributed by atoms with van der Waals surface area (Å²) in [5, 5.41) is 8.69. The van der Waals surface area contributed by atoms with Crippen molar-refractivity contribution in [2.45, 2.75) is 6.42 Å². The van der Waals surface area contributed by atoms with Gasteiger partial charge in [-0.2, -0.15) is 5.26 Å². The molecule has 3 aromatic rings. The number of H-pyrrole nitrogens is 1. The Morgan fingerprint density at radius 3 is 2.80 bits per heavy atom. The molecular weight excluding hydrogens is 336 g/mol. The van der Waals surface area contributed by atoms with Crippen LogP contribution in [0.1, 0.15) is 5.56 Å². The highest BCUT2D eigenvalue weighted by Crippen LogP contribution is 2.21. The summed E-state index contributed by atoms with van der Waals surface area (Å²) in [6, 6.07) is 11.8. The van der Waals surface area contributed by atoms with Gasteiger partial charge in [-0.1, -0.05) is 12.1 Å². The van der Waals surface area contributed by atoms with Crippen molar-refractivity contribution in [2.24, 2.45) is 0 Å². The quantitative estimate of drug-likeness (QED) is 0.717. The topological polar surface area (TPSA) is 57.4 Å². The summed E-state index contributed by atoms with van der Waals surface area (Å²) < 4.78 is 3.38. The number of pyridine rings is 1. The number of benzene rings is 1. The second-order valence-electron chi connectivity index (χ2n) is 4.29. The van der Waals surface area contributed by atoms with Crippen molar-refractivity contribution in [2.75, 3.05) is 0 Å². The third-order valence-electron chi connectivity index (χ3n) is 2.97. The third kappa shape index (κ3) is 2.26. The summed E-state index contributed by atoms with van der Waals surface area (Å²) in [6.07, 6.45) is 2.15. The summed E-state index contributed by atoms with van der Waals surface area (Å²) in [5.41, 5.74) is 3.58. The summed E-state index contributed by atoms with van der Waals surface area (Å²) in [6.45, 7) is 0. The lowest BCUT2D eigenvalue weighted by Crippen LogP contribution is -1.95. The maximum absolute atomic E-state index is 8.69. The Hall–Kier alpha value is -1.97. The molecule has 0 spiro atoms. The van der Waals surface area contributed by atoms with Crippen molar-refractivity contribution in [3.63, 3.8) is 0 Å². The molecule has 0 aliphatic carbocycles. The van der Waals surface area contributed by atoms with E-state index in [0.29, 0.717) is 11.2 Å². The minimum Gasteiger partial charge on any atom is -0.329 e. The number of nitrogens with one attached hydrogen (secondary N) is 1. The molecule has 0 amide bonds. The molecule has 0 bridgehead atoms. The smallest absolute Gasteiger partial charge is 0.183 e. The first kappa shape index (κ1) is 13.0. The van der Waals surface area contributed by atoms with Crippen molar-refractivity contribution >= 4 is 39.3 Å². The van der Waals surface area contributed by atoms with Crippen LogP contribution in [0.25, 0.3) is 16.9 Å². The molecule has 3 rings (SSSR count). The van der Waals surface area contributed by atoms with Crippen LogP contribution in [0, 0.1) is 16.1 Å². The van der Waals surface area contributed by atoms with Gasteiger partial charge < -0.3 is 4.98 Å². The lowest BCUT2D eigenvalue weighted by molar-refractivity contribution is 1.04. The van der Waals surface area contributed by atoms with Crippen LogP contribution >= 0.6 is 28.1 Å². The molecule has 0 aliphatic heterocycles. The number of rotatable bonds is 2. The maximum atomic E-state index is 8.69. The van der Waals surface area contributed by atoms with Gasteiger partial charge in [-0.05, 0) is 51.9 Å². The standard InChI is InChI=1S/C14H9BrN4S/c15-10-7-12-13(17-8-10)19(14(20)18-12)11-3-1-9(2-4-11)5-6-16/h1-4,7-8H,5H2,(H,18,20). The zero-order valence-electron chi connectivity index (χ0n) is 10.3. The van der Waals surface area contributed by atoms with Crippen molar-refractivity contribution in [1.82, 2.24) is 14.5 Å². The predicted molar refractivity (Wildman–Crippen MR) is 83.3 cm³/mol. The molecule has 0 fully saturated rings. The summed E-state index contributed by atoms with van der Waals surface area (Å²) in [7, 11) is 0. The van der Waals surface area contributed by atoms with Gasteiger partial charge in [0.05, 0.1) is 18.0 Å². The van der Waals surface area contributed by atoms with Crippen LogP contribution in [-0.2, 0) is 6.42 Å². The van der Waals surface area contributed by atoms with Gasteiger partial charge in [0.25, 0.3) is 0 Å². The van der Waals surface area contributed by atoms with E-state index in [1.54, 1.807) is 6.20 Å². The largest absolute Gasteiger partial charge is 0.329 e. The monoisotopic (exact) mass is 344 g/mol. The Balaban J connectivity index is 2.17. The number of nitriles is 1. The first-order valence-electron chi connectivity index (χ1n) is 5.91. The molecule has 4 nitrogen and oxygen atoms in total. The minimum atomic E-state index is 0.408. The van der Waals surface area contributed by atoms with Crippen molar-refractivity contribution in [3.8, 4) is 11.8 Å². The second kappa shape index (κ2) is 5.19. The van der Waals surface area contributed by atoms with Crippen molar-refractivity contribution in [1.29, 1.82) is 5.26 Å². The van der Waals surface area contributed by atoms with Crippen molar-refractivity contribution in [3.05, 3.63) is 51.3 Å². The van der Waals surface area contributed by atoms with E-state index >= 15 is 0 Å². The Labute approximate surface area is 128 Å². The van der Waals surface area contributed by atoms with Crippen LogP contribution < -0.4 is 0 Å². The van der Waals surface area contributed by atoms with Crippen LogP contribution in [0.3, 0.4) is 0 Å². The predicted octanol–water partition coefficient (Wildman–Crippen LogP) is 3.91. The molecule has 98 valence electrons. The first-order chi connectivity index (χ1) is 9.69. The highest BCUT2D eigenvalue weighted by atomic mass is 79.9. The normalized spacial score (nSPS) is 10.6. The zero-order valence-corrected chi connectivity index (χ0v) is 12.7. The number of nitrogens with zero attached hydrogens (tertiary/aromatic N) is 3. The highest BCUT2D eigenvalue weighted by molar-refractivity contribution is 9.10. The van der Waals surface area contributed by atoms with E-state index < -0.39 is 0 Å². The van der Waals surface area contributed by atoms with E-state index in [4.69, 9.17) is 17.5 Å². The number of fused-ring (bicyclic) bond motifs is 1. The number of halogens is 1. The minimum absolute atomic E-state index is 0.408. The molecule has 0 saturated heterocycles. The van der Waals surface area contributed by atoms with Crippen LogP contribution in [0.15, 0.2) is 41.0 Å². The molecule has 2 aromatic heterocycles. The molecule has 0 radical (unpaired) electrons. The maximum Gasteiger partial charge on any atom is 0.183 e. The lowest BCUT2D eigenvalue weighted by atomic mass is 10.1. The molecular formula is C14H9BrN4S. The fraction of sp³-hybridized carbons (Fsp3) is 0.0714. The molecule has 1 N–H and O–H groups in total. The molecule has 1 aromatic carbocycles. The zero-order chi connectivity index (χ0) is 14.1. The van der Waals surface area contributed by atoms with E-state index in [1.165, 1.54) is 0 Å². The molecule has 0 aliphatic rings. The Bertz CT molecular complexity index is 871. The molecule has 20 heavy (non-hydrogen) atoms. The van der Waals surface area contributed by atoms with Crippen LogP contribution in [0.5, 0.6) is 0 Å². The van der Waals surface area contributed by atoms with Crippen LogP contribution in [0.2, 0.25) is 0 Å². The average molecular weight is 345 g/mol. The third-order valence-corrected chi connectivity index (χ3v) is 3.69. The van der Waals surface area contributed by atoms with Gasteiger partial charge in [0.2, 0.25) is 0 Å². The molecule has 0 saturated carbocycles. The second-order valence-corrected chi connectivity index (χ2v) is 5.59. The summed E-state index contributed by atoms with van der Waals surface area (Å²) in [4.78, 5) is 7.54. The number of aromatic amines is 1. The number of imidazole rings is 1. The van der Waals surface area contributed by atoms with Gasteiger partial charge in [-0.25, -0.2) is 4.98 Å². The molecule has 2 heterocycles. The Morgan fingerprint density at radius 2 is 2.10 bits per heavy atom. The van der Waals surface area contributed by atoms with E-state index in [9.17, 15) is 0 Å². The Morgan fingerprint density at radius 1 is 1.35 bits per heavy atom. The van der Waals surface area contributed by atoms with Crippen molar-refractivity contribution < 1.29 is 0 Å². The van der Waals surface area contributed by atoms with Gasteiger partial charge in [-0.3, -0.25) is 4.57 Å². The SMILES string of the molecule is N#CCc1ccc(-n2c(=S)[nH]c3cc(Br)cnc32)cc1. The number of aromatic nitrogens is 3. The summed E-state index contributed by atoms with van der Waals surface area (Å²) >= 11 is 8.75. The van der Waals surface area contributed by atoms with E-state index in [0.717, 1.165) is 26.9 Å².